The molecule has 3 aliphatic rings. The third-order valence-electron chi connectivity index (χ3n) is 7.78. The van der Waals surface area contributed by atoms with Gasteiger partial charge in [0.05, 0.1) is 13.2 Å². The van der Waals surface area contributed by atoms with Crippen molar-refractivity contribution in [3.8, 4) is 11.5 Å². The van der Waals surface area contributed by atoms with Crippen molar-refractivity contribution in [1.82, 2.24) is 10.2 Å². The van der Waals surface area contributed by atoms with Gasteiger partial charge in [0.2, 0.25) is 0 Å². The first-order valence-electron chi connectivity index (χ1n) is 11.5. The molecule has 1 fully saturated rings. The molecule has 2 unspecified atom stereocenters. The van der Waals surface area contributed by atoms with E-state index in [0.29, 0.717) is 6.42 Å². The molecular formula is C26H32N2O4. The molecule has 1 spiro atoms. The summed E-state index contributed by atoms with van der Waals surface area (Å²) in [7, 11) is 3.86. The van der Waals surface area contributed by atoms with Crippen LogP contribution in [0.15, 0.2) is 42.5 Å². The fraction of sp³-hybridized carbons (Fsp3) is 0.500. The first kappa shape index (κ1) is 21.1. The third-order valence-corrected chi connectivity index (χ3v) is 7.78. The fourth-order valence-electron chi connectivity index (χ4n) is 6.04. The number of carbonyl (C=O) groups excluding carboxylic acids is 1. The highest BCUT2D eigenvalue weighted by Gasteiger charge is 2.62. The van der Waals surface area contributed by atoms with Crippen LogP contribution in [-0.4, -0.2) is 43.9 Å². The van der Waals surface area contributed by atoms with Crippen LogP contribution in [0.3, 0.4) is 0 Å². The van der Waals surface area contributed by atoms with Crippen molar-refractivity contribution in [2.45, 2.75) is 56.9 Å². The van der Waals surface area contributed by atoms with Gasteiger partial charge in [-0.25, -0.2) is 4.79 Å². The molecular weight excluding hydrogens is 404 g/mol. The molecule has 2 aromatic rings. The molecule has 0 saturated heterocycles. The highest BCUT2D eigenvalue weighted by Crippen LogP contribution is 2.61. The highest BCUT2D eigenvalue weighted by atomic mass is 16.6. The first-order valence-corrected chi connectivity index (χ1v) is 11.5. The molecule has 2 aromatic carbocycles. The van der Waals surface area contributed by atoms with Gasteiger partial charge >= 0.3 is 6.09 Å². The van der Waals surface area contributed by atoms with Crippen LogP contribution in [0.2, 0.25) is 0 Å². The number of hydrogen-bond donors (Lipinski definition) is 1. The van der Waals surface area contributed by atoms with Gasteiger partial charge in [-0.05, 0) is 44.1 Å². The van der Waals surface area contributed by atoms with E-state index in [4.69, 9.17) is 14.2 Å². The zero-order valence-corrected chi connectivity index (χ0v) is 19.3. The Hall–Kier alpha value is -2.73. The number of carbonyl (C=O) groups is 1. The Balaban J connectivity index is 1.39. The lowest BCUT2D eigenvalue weighted by molar-refractivity contribution is 0.0652. The Labute approximate surface area is 189 Å². The molecule has 0 bridgehead atoms. The van der Waals surface area contributed by atoms with Gasteiger partial charge in [-0.2, -0.15) is 0 Å². The second-order valence-electron chi connectivity index (χ2n) is 9.51. The molecule has 1 amide bonds. The zero-order valence-electron chi connectivity index (χ0n) is 19.3. The zero-order chi connectivity index (χ0) is 22.5. The van der Waals surface area contributed by atoms with Gasteiger partial charge in [0, 0.05) is 29.9 Å². The molecule has 6 heteroatoms. The van der Waals surface area contributed by atoms with Gasteiger partial charge in [0.15, 0.2) is 11.5 Å². The first-order chi connectivity index (χ1) is 15.4. The van der Waals surface area contributed by atoms with E-state index in [0.717, 1.165) is 36.6 Å². The van der Waals surface area contributed by atoms with E-state index in [1.54, 1.807) is 7.11 Å². The maximum Gasteiger partial charge on any atom is 0.407 e. The minimum absolute atomic E-state index is 0.0154. The van der Waals surface area contributed by atoms with Crippen LogP contribution < -0.4 is 14.8 Å². The Morgan fingerprint density at radius 1 is 1.25 bits per heavy atom. The second kappa shape index (κ2) is 8.00. The molecule has 5 rings (SSSR count). The van der Waals surface area contributed by atoms with Crippen molar-refractivity contribution < 1.29 is 19.0 Å². The van der Waals surface area contributed by atoms with Gasteiger partial charge in [-0.3, -0.25) is 0 Å². The summed E-state index contributed by atoms with van der Waals surface area (Å²) >= 11 is 0. The highest BCUT2D eigenvalue weighted by molar-refractivity contribution is 5.68. The Kier molecular flexibility index (Phi) is 5.28. The summed E-state index contributed by atoms with van der Waals surface area (Å²) in [6.45, 7) is 6.05. The second-order valence-corrected chi connectivity index (χ2v) is 9.51. The number of nitrogens with one attached hydrogen (secondary N) is 1. The van der Waals surface area contributed by atoms with E-state index in [9.17, 15) is 4.79 Å². The van der Waals surface area contributed by atoms with Crippen LogP contribution in [0.4, 0.5) is 4.79 Å². The maximum atomic E-state index is 12.8. The number of ether oxygens (including phenoxy) is 3. The lowest BCUT2D eigenvalue weighted by Crippen LogP contribution is -2.41. The lowest BCUT2D eigenvalue weighted by atomic mass is 9.69. The Bertz CT molecular complexity index is 1010. The van der Waals surface area contributed by atoms with Crippen molar-refractivity contribution >= 4 is 6.09 Å². The smallest absolute Gasteiger partial charge is 0.407 e. The summed E-state index contributed by atoms with van der Waals surface area (Å²) in [5.74, 6) is 1.82. The lowest BCUT2D eigenvalue weighted by Gasteiger charge is -2.34. The van der Waals surface area contributed by atoms with Crippen molar-refractivity contribution in [2.75, 3.05) is 20.7 Å². The molecule has 0 radical (unpaired) electrons. The molecule has 2 aliphatic heterocycles. The van der Waals surface area contributed by atoms with Crippen LogP contribution in [0.5, 0.6) is 11.5 Å². The number of benzene rings is 2. The topological polar surface area (TPSA) is 60.0 Å². The summed E-state index contributed by atoms with van der Waals surface area (Å²) in [5.41, 5.74) is 3.45. The Morgan fingerprint density at radius 2 is 2.03 bits per heavy atom. The van der Waals surface area contributed by atoms with E-state index in [-0.39, 0.29) is 35.7 Å². The maximum absolute atomic E-state index is 12.8. The Morgan fingerprint density at radius 3 is 2.78 bits per heavy atom. The molecule has 5 atom stereocenters. The quantitative estimate of drug-likeness (QED) is 0.769. The largest absolute Gasteiger partial charge is 0.493 e. The van der Waals surface area contributed by atoms with Crippen molar-refractivity contribution in [2.24, 2.45) is 5.92 Å². The fourth-order valence-corrected chi connectivity index (χ4v) is 6.04. The van der Waals surface area contributed by atoms with Gasteiger partial charge in [0.1, 0.15) is 12.2 Å². The summed E-state index contributed by atoms with van der Waals surface area (Å²) < 4.78 is 18.2. The average molecular weight is 437 g/mol. The molecule has 6 nitrogen and oxygen atoms in total. The van der Waals surface area contributed by atoms with E-state index >= 15 is 0 Å². The SMILES string of the molecule is COc1ccc2c3c1O[C@H]1C[C@@H](OC(=O)NC(C)c4ccccc4)C(C)[C@@]31CCN(C)C2. The molecule has 32 heavy (non-hydrogen) atoms. The monoisotopic (exact) mass is 436 g/mol. The number of alkyl carbamates (subject to hydrolysis) is 1. The predicted octanol–water partition coefficient (Wildman–Crippen LogP) is 4.43. The van der Waals surface area contributed by atoms with Crippen LogP contribution in [0.1, 0.15) is 49.4 Å². The molecule has 2 heterocycles. The van der Waals surface area contributed by atoms with Crippen LogP contribution in [0.25, 0.3) is 0 Å². The number of rotatable bonds is 4. The van der Waals surface area contributed by atoms with Crippen LogP contribution in [0, 0.1) is 5.92 Å². The number of nitrogens with zero attached hydrogens (tertiary/aromatic N) is 1. The van der Waals surface area contributed by atoms with E-state index < -0.39 is 0 Å². The van der Waals surface area contributed by atoms with Crippen LogP contribution in [-0.2, 0) is 16.7 Å². The summed E-state index contributed by atoms with van der Waals surface area (Å²) in [6.07, 6.45) is 1.09. The summed E-state index contributed by atoms with van der Waals surface area (Å²) in [4.78, 5) is 15.1. The van der Waals surface area contributed by atoms with Gasteiger partial charge in [-0.1, -0.05) is 43.3 Å². The van der Waals surface area contributed by atoms with Crippen molar-refractivity contribution in [3.63, 3.8) is 0 Å². The normalized spacial score (nSPS) is 29.3. The van der Waals surface area contributed by atoms with E-state index in [2.05, 4.69) is 30.3 Å². The summed E-state index contributed by atoms with van der Waals surface area (Å²) in [6, 6.07) is 14.0. The molecule has 1 saturated carbocycles. The van der Waals surface area contributed by atoms with E-state index in [1.807, 2.05) is 43.3 Å². The average Bonchev–Trinajstić information content (AvgIpc) is 3.18. The van der Waals surface area contributed by atoms with Crippen LogP contribution >= 0.6 is 0 Å². The van der Waals surface area contributed by atoms with Gasteiger partial charge in [0.25, 0.3) is 0 Å². The standard InChI is InChI=1S/C26H32N2O4/c1-16-21(31-25(29)27-17(2)18-8-6-5-7-9-18)14-22-26(16)12-13-28(3)15-19-10-11-20(30-4)24(32-22)23(19)26/h5-11,16-17,21-22H,12-15H2,1-4H3,(H,27,29)/t16?,17?,21-,22+,26-/m1/s1. The minimum Gasteiger partial charge on any atom is -0.493 e. The summed E-state index contributed by atoms with van der Waals surface area (Å²) in [5, 5.41) is 2.99. The number of amides is 1. The third kappa shape index (κ3) is 3.24. The molecule has 1 N–H and O–H groups in total. The molecule has 170 valence electrons. The molecule has 0 aromatic heterocycles. The van der Waals surface area contributed by atoms with E-state index in [1.165, 1.54) is 11.1 Å². The number of methoxy groups -OCH3 is 1. The van der Waals surface area contributed by atoms with Crippen molar-refractivity contribution in [3.05, 3.63) is 59.2 Å². The minimum atomic E-state index is -0.369. The number of hydrogen-bond acceptors (Lipinski definition) is 5. The van der Waals surface area contributed by atoms with Gasteiger partial charge < -0.3 is 24.4 Å². The van der Waals surface area contributed by atoms with Crippen molar-refractivity contribution in [1.29, 1.82) is 0 Å². The predicted molar refractivity (Wildman–Crippen MR) is 122 cm³/mol. The molecule has 1 aliphatic carbocycles. The van der Waals surface area contributed by atoms with Gasteiger partial charge in [-0.15, -0.1) is 0 Å².